The number of aryl methyl sites for hydroxylation is 2. The molecular formula is C36H52N2. The first-order chi connectivity index (χ1) is 18.6. The van der Waals surface area contributed by atoms with Crippen molar-refractivity contribution in [3.05, 3.63) is 87.5 Å². The summed E-state index contributed by atoms with van der Waals surface area (Å²) >= 11 is 0. The summed E-state index contributed by atoms with van der Waals surface area (Å²) in [6.45, 7) is 9.05. The van der Waals surface area contributed by atoms with Gasteiger partial charge in [-0.25, -0.2) is 4.70 Å². The molecular weight excluding hydrogens is 460 g/mol. The highest BCUT2D eigenvalue weighted by molar-refractivity contribution is 5.82. The molecule has 2 nitrogen and oxygen atoms in total. The number of hydrogen-bond acceptors (Lipinski definition) is 0. The third kappa shape index (κ3) is 8.26. The second kappa shape index (κ2) is 16.5. The highest BCUT2D eigenvalue weighted by atomic mass is 15.2. The summed E-state index contributed by atoms with van der Waals surface area (Å²) in [5.74, 6) is 0. The maximum absolute atomic E-state index is 11.9. The zero-order valence-electron chi connectivity index (χ0n) is 24.8. The molecule has 0 unspecified atom stereocenters. The third-order valence-corrected chi connectivity index (χ3v) is 7.99. The van der Waals surface area contributed by atoms with Gasteiger partial charge in [0.2, 0.25) is 11.4 Å². The van der Waals surface area contributed by atoms with Gasteiger partial charge in [-0.3, -0.25) is 0 Å². The molecule has 0 atom stereocenters. The fourth-order valence-corrected chi connectivity index (χ4v) is 5.69. The summed E-state index contributed by atoms with van der Waals surface area (Å²) in [7, 11) is 0. The van der Waals surface area contributed by atoms with Gasteiger partial charge >= 0.3 is 0 Å². The first kappa shape index (κ1) is 30.1. The van der Waals surface area contributed by atoms with Gasteiger partial charge in [0.05, 0.1) is 0 Å². The molecule has 0 radical (unpaired) electrons. The maximum atomic E-state index is 11.9. The lowest BCUT2D eigenvalue weighted by Crippen LogP contribution is -2.03. The molecule has 0 saturated heterocycles. The summed E-state index contributed by atoms with van der Waals surface area (Å²) in [5.41, 5.74) is 21.7. The number of unbranched alkanes of at least 4 members (excludes halogenated alkanes) is 8. The van der Waals surface area contributed by atoms with Gasteiger partial charge in [0.1, 0.15) is 0 Å². The molecule has 1 heterocycles. The van der Waals surface area contributed by atoms with Crippen molar-refractivity contribution in [2.45, 2.75) is 130 Å². The topological polar surface area (TPSA) is 25.3 Å². The van der Waals surface area contributed by atoms with Gasteiger partial charge in [0.25, 0.3) is 0 Å². The van der Waals surface area contributed by atoms with Crippen LogP contribution >= 0.6 is 0 Å². The van der Waals surface area contributed by atoms with Crippen molar-refractivity contribution in [2.24, 2.45) is 0 Å². The average Bonchev–Trinajstić information content (AvgIpc) is 3.22. The number of hydrogen-bond donors (Lipinski definition) is 0. The Balaban J connectivity index is 2.00. The quantitative estimate of drug-likeness (QED) is 0.140. The lowest BCUT2D eigenvalue weighted by Gasteiger charge is -2.11. The minimum atomic E-state index is 1.01. The van der Waals surface area contributed by atoms with E-state index in [1.165, 1.54) is 86.5 Å². The van der Waals surface area contributed by atoms with Gasteiger partial charge in [-0.2, -0.15) is 0 Å². The molecule has 2 heteroatoms. The van der Waals surface area contributed by atoms with Crippen molar-refractivity contribution >= 4 is 11.4 Å². The van der Waals surface area contributed by atoms with Gasteiger partial charge in [0.15, 0.2) is 0 Å². The molecule has 0 fully saturated rings. The van der Waals surface area contributed by atoms with Gasteiger partial charge < -0.3 is 5.53 Å². The highest BCUT2D eigenvalue weighted by Gasteiger charge is 2.35. The summed E-state index contributed by atoms with van der Waals surface area (Å²) in [5, 5.41) is 0. The first-order valence-corrected chi connectivity index (χ1v) is 15.8. The van der Waals surface area contributed by atoms with Crippen LogP contribution in [0.4, 0.5) is 0 Å². The summed E-state index contributed by atoms with van der Waals surface area (Å²) in [4.78, 5) is 0. The molecule has 206 valence electrons. The predicted octanol–water partition coefficient (Wildman–Crippen LogP) is 11.5. The van der Waals surface area contributed by atoms with Crippen LogP contribution in [-0.2, 0) is 12.8 Å². The van der Waals surface area contributed by atoms with E-state index in [2.05, 4.69) is 76.2 Å². The van der Waals surface area contributed by atoms with Crippen molar-refractivity contribution in [2.75, 3.05) is 0 Å². The van der Waals surface area contributed by atoms with E-state index in [0.29, 0.717) is 0 Å². The molecule has 0 aromatic heterocycles. The van der Waals surface area contributed by atoms with Crippen LogP contribution < -0.4 is 0 Å². The Morgan fingerprint density at radius 3 is 1.68 bits per heavy atom. The van der Waals surface area contributed by atoms with Gasteiger partial charge in [-0.05, 0) is 86.8 Å². The van der Waals surface area contributed by atoms with Gasteiger partial charge in [-0.1, -0.05) is 103 Å². The molecule has 0 spiro atoms. The first-order valence-electron chi connectivity index (χ1n) is 15.8. The standard InChI is InChI=1S/C36H52N2/c1-5-9-13-14-15-16-23-34-33(22-12-8-4)36(32-21-17-20-30(28-32)19-11-7-3)38(37)35(34)31-26-24-29(25-27-31)18-10-6-2/h17,20-21,24-28H,5-16,18-19,22-23H2,1-4H3. The third-order valence-electron chi connectivity index (χ3n) is 7.99. The van der Waals surface area contributed by atoms with Crippen LogP contribution in [0.25, 0.3) is 16.9 Å². The van der Waals surface area contributed by atoms with E-state index in [-0.39, 0.29) is 0 Å². The van der Waals surface area contributed by atoms with Gasteiger partial charge in [0, 0.05) is 22.3 Å². The number of allylic oxidation sites excluding steroid dienone is 2. The highest BCUT2D eigenvalue weighted by Crippen LogP contribution is 2.44. The number of nitrogens with zero attached hydrogens (tertiary/aromatic N) is 2. The number of rotatable bonds is 18. The maximum Gasteiger partial charge on any atom is 0.211 e. The van der Waals surface area contributed by atoms with Crippen molar-refractivity contribution in [3.63, 3.8) is 0 Å². The molecule has 2 aromatic carbocycles. The Labute approximate surface area is 233 Å². The molecule has 0 N–H and O–H groups in total. The molecule has 1 aliphatic heterocycles. The zero-order valence-corrected chi connectivity index (χ0v) is 24.8. The van der Waals surface area contributed by atoms with E-state index in [1.54, 1.807) is 4.70 Å². The van der Waals surface area contributed by atoms with Crippen molar-refractivity contribution in [1.82, 2.24) is 0 Å². The molecule has 1 aliphatic rings. The fourth-order valence-electron chi connectivity index (χ4n) is 5.69. The SMILES string of the molecule is CCCCCCCCC1=C(c2ccc(CCCC)cc2)[N+](=[N-])C(c2cccc(CCCC)c2)=C1CCCC. The number of benzene rings is 2. The zero-order chi connectivity index (χ0) is 27.2. The Bertz CT molecular complexity index is 1070. The van der Waals surface area contributed by atoms with Gasteiger partial charge in [-0.15, -0.1) is 0 Å². The molecule has 38 heavy (non-hydrogen) atoms. The largest absolute Gasteiger partial charge is 0.493 e. The lowest BCUT2D eigenvalue weighted by atomic mass is 9.91. The molecule has 2 aromatic rings. The van der Waals surface area contributed by atoms with Crippen LogP contribution in [0.1, 0.15) is 140 Å². The fraction of sp³-hybridized carbons (Fsp3) is 0.556. The van der Waals surface area contributed by atoms with Crippen LogP contribution in [0.3, 0.4) is 0 Å². The van der Waals surface area contributed by atoms with Crippen LogP contribution in [-0.4, -0.2) is 4.70 Å². The average molecular weight is 513 g/mol. The van der Waals surface area contributed by atoms with Crippen molar-refractivity contribution in [3.8, 4) is 0 Å². The Morgan fingerprint density at radius 2 is 1.03 bits per heavy atom. The molecule has 0 saturated carbocycles. The lowest BCUT2D eigenvalue weighted by molar-refractivity contribution is -0.345. The van der Waals surface area contributed by atoms with E-state index in [9.17, 15) is 5.53 Å². The minimum absolute atomic E-state index is 1.01. The van der Waals surface area contributed by atoms with Crippen molar-refractivity contribution in [1.29, 1.82) is 0 Å². The Kier molecular flexibility index (Phi) is 13.0. The molecule has 3 rings (SSSR count). The van der Waals surface area contributed by atoms with E-state index in [1.807, 2.05) is 0 Å². The monoisotopic (exact) mass is 512 g/mol. The van der Waals surface area contributed by atoms with Crippen LogP contribution in [0.2, 0.25) is 0 Å². The second-order valence-corrected chi connectivity index (χ2v) is 11.2. The minimum Gasteiger partial charge on any atom is -0.493 e. The smallest absolute Gasteiger partial charge is 0.211 e. The molecule has 0 amide bonds. The predicted molar refractivity (Wildman–Crippen MR) is 165 cm³/mol. The summed E-state index contributed by atoms with van der Waals surface area (Å²) < 4.78 is 1.55. The van der Waals surface area contributed by atoms with Crippen LogP contribution in [0, 0.1) is 0 Å². The van der Waals surface area contributed by atoms with Crippen LogP contribution in [0.5, 0.6) is 0 Å². The van der Waals surface area contributed by atoms with E-state index >= 15 is 0 Å². The van der Waals surface area contributed by atoms with Crippen LogP contribution in [0.15, 0.2) is 59.7 Å². The Hall–Kier alpha value is -2.48. The van der Waals surface area contributed by atoms with E-state index in [0.717, 1.165) is 61.0 Å². The van der Waals surface area contributed by atoms with Crippen molar-refractivity contribution < 1.29 is 4.70 Å². The normalized spacial score (nSPS) is 13.7. The van der Waals surface area contributed by atoms with E-state index < -0.39 is 0 Å². The molecule has 0 aliphatic carbocycles. The van der Waals surface area contributed by atoms with E-state index in [4.69, 9.17) is 0 Å². The second-order valence-electron chi connectivity index (χ2n) is 11.2. The Morgan fingerprint density at radius 1 is 0.500 bits per heavy atom. The molecule has 0 bridgehead atoms. The summed E-state index contributed by atoms with van der Waals surface area (Å²) in [6.07, 6.45) is 19.1. The summed E-state index contributed by atoms with van der Waals surface area (Å²) in [6, 6.07) is 17.9.